The average molecular weight is 244 g/mol. The lowest BCUT2D eigenvalue weighted by Gasteiger charge is -2.25. The molecule has 0 bridgehead atoms. The van der Waals surface area contributed by atoms with Gasteiger partial charge in [0.25, 0.3) is 0 Å². The second-order valence-electron chi connectivity index (χ2n) is 4.23. The van der Waals surface area contributed by atoms with Crippen LogP contribution in [0.4, 0.5) is 5.69 Å². The van der Waals surface area contributed by atoms with Crippen LogP contribution in [0, 0.1) is 11.3 Å². The Morgan fingerprint density at radius 2 is 2.33 bits per heavy atom. The first-order valence-corrected chi connectivity index (χ1v) is 6.20. The van der Waals surface area contributed by atoms with Gasteiger partial charge in [-0.1, -0.05) is 12.1 Å². The summed E-state index contributed by atoms with van der Waals surface area (Å²) in [5.41, 5.74) is 1.43. The van der Waals surface area contributed by atoms with Crippen molar-refractivity contribution in [2.24, 2.45) is 0 Å². The molecule has 0 aliphatic carbocycles. The van der Waals surface area contributed by atoms with Gasteiger partial charge in [0.15, 0.2) is 0 Å². The molecule has 4 heteroatoms. The molecule has 0 saturated carbocycles. The first kappa shape index (κ1) is 12.4. The number of rotatable bonds is 3. The van der Waals surface area contributed by atoms with Gasteiger partial charge < -0.3 is 9.64 Å². The number of carbonyl (C=O) groups is 1. The van der Waals surface area contributed by atoms with Crippen molar-refractivity contribution in [2.45, 2.75) is 25.8 Å². The van der Waals surface area contributed by atoms with Crippen molar-refractivity contribution in [2.75, 3.05) is 18.1 Å². The maximum absolute atomic E-state index is 11.9. The SMILES string of the molecule is CCOC(=O)C1CCCN1c1ccccc1C#N. The second kappa shape index (κ2) is 5.54. The van der Waals surface area contributed by atoms with Crippen LogP contribution in [0.3, 0.4) is 0 Å². The van der Waals surface area contributed by atoms with Gasteiger partial charge in [-0.3, -0.25) is 0 Å². The Kier molecular flexibility index (Phi) is 3.83. The highest BCUT2D eigenvalue weighted by Gasteiger charge is 2.32. The fourth-order valence-electron chi connectivity index (χ4n) is 2.36. The number of para-hydroxylation sites is 1. The lowest BCUT2D eigenvalue weighted by molar-refractivity contribution is -0.144. The topological polar surface area (TPSA) is 53.3 Å². The molecule has 1 aromatic carbocycles. The summed E-state index contributed by atoms with van der Waals surface area (Å²) in [6.07, 6.45) is 1.74. The van der Waals surface area contributed by atoms with E-state index >= 15 is 0 Å². The maximum atomic E-state index is 11.9. The van der Waals surface area contributed by atoms with Crippen molar-refractivity contribution < 1.29 is 9.53 Å². The third kappa shape index (κ3) is 2.30. The highest BCUT2D eigenvalue weighted by atomic mass is 16.5. The highest BCUT2D eigenvalue weighted by molar-refractivity contribution is 5.81. The van der Waals surface area contributed by atoms with Crippen LogP contribution in [0.1, 0.15) is 25.3 Å². The molecule has 1 fully saturated rings. The number of anilines is 1. The van der Waals surface area contributed by atoms with Gasteiger partial charge in [0, 0.05) is 6.54 Å². The fraction of sp³-hybridized carbons (Fsp3) is 0.429. The van der Waals surface area contributed by atoms with Crippen molar-refractivity contribution in [1.29, 1.82) is 5.26 Å². The molecular weight excluding hydrogens is 228 g/mol. The van der Waals surface area contributed by atoms with E-state index in [4.69, 9.17) is 10.00 Å². The molecule has 0 amide bonds. The molecule has 1 heterocycles. The van der Waals surface area contributed by atoms with Crippen molar-refractivity contribution >= 4 is 11.7 Å². The van der Waals surface area contributed by atoms with E-state index in [1.165, 1.54) is 0 Å². The van der Waals surface area contributed by atoms with Crippen LogP contribution < -0.4 is 4.90 Å². The number of nitriles is 1. The van der Waals surface area contributed by atoms with Crippen molar-refractivity contribution in [3.8, 4) is 6.07 Å². The average Bonchev–Trinajstić information content (AvgIpc) is 2.88. The summed E-state index contributed by atoms with van der Waals surface area (Å²) < 4.78 is 5.09. The predicted octanol–water partition coefficient (Wildman–Crippen LogP) is 2.09. The molecule has 1 aromatic rings. The Labute approximate surface area is 107 Å². The summed E-state index contributed by atoms with van der Waals surface area (Å²) in [5, 5.41) is 9.11. The van der Waals surface area contributed by atoms with E-state index in [-0.39, 0.29) is 12.0 Å². The van der Waals surface area contributed by atoms with Gasteiger partial charge in [-0.05, 0) is 31.9 Å². The van der Waals surface area contributed by atoms with Crippen LogP contribution in [-0.4, -0.2) is 25.2 Å². The number of benzene rings is 1. The third-order valence-corrected chi connectivity index (χ3v) is 3.15. The van der Waals surface area contributed by atoms with Crippen LogP contribution in [0.25, 0.3) is 0 Å². The summed E-state index contributed by atoms with van der Waals surface area (Å²) in [4.78, 5) is 13.9. The predicted molar refractivity (Wildman–Crippen MR) is 68.2 cm³/mol. The largest absolute Gasteiger partial charge is 0.464 e. The Bertz CT molecular complexity index is 479. The molecule has 1 unspecified atom stereocenters. The Morgan fingerprint density at radius 1 is 1.56 bits per heavy atom. The molecule has 0 radical (unpaired) electrons. The van der Waals surface area contributed by atoms with Gasteiger partial charge in [-0.2, -0.15) is 5.26 Å². The molecule has 1 atom stereocenters. The third-order valence-electron chi connectivity index (χ3n) is 3.15. The smallest absolute Gasteiger partial charge is 0.328 e. The van der Waals surface area contributed by atoms with E-state index in [1.807, 2.05) is 23.1 Å². The standard InChI is InChI=1S/C14H16N2O2/c1-2-18-14(17)13-8-5-9-16(13)12-7-4-3-6-11(12)10-15/h3-4,6-7,13H,2,5,8-9H2,1H3. The van der Waals surface area contributed by atoms with E-state index < -0.39 is 0 Å². The van der Waals surface area contributed by atoms with Gasteiger partial charge in [0.1, 0.15) is 12.1 Å². The molecule has 2 rings (SSSR count). The van der Waals surface area contributed by atoms with Gasteiger partial charge in [-0.15, -0.1) is 0 Å². The number of nitrogens with zero attached hydrogens (tertiary/aromatic N) is 2. The summed E-state index contributed by atoms with van der Waals surface area (Å²) in [6.45, 7) is 2.99. The minimum atomic E-state index is -0.251. The molecule has 1 aliphatic rings. The number of hydrogen-bond acceptors (Lipinski definition) is 4. The number of esters is 1. The Hall–Kier alpha value is -2.02. The van der Waals surface area contributed by atoms with E-state index in [0.717, 1.165) is 25.1 Å². The van der Waals surface area contributed by atoms with Crippen LogP contribution >= 0.6 is 0 Å². The van der Waals surface area contributed by atoms with Gasteiger partial charge in [0.05, 0.1) is 17.9 Å². The molecule has 0 spiro atoms. The summed E-state index contributed by atoms with van der Waals surface area (Å²) >= 11 is 0. The monoisotopic (exact) mass is 244 g/mol. The molecule has 18 heavy (non-hydrogen) atoms. The minimum Gasteiger partial charge on any atom is -0.464 e. The summed E-state index contributed by atoms with van der Waals surface area (Å²) in [5.74, 6) is -0.192. The first-order valence-electron chi connectivity index (χ1n) is 6.20. The molecule has 1 saturated heterocycles. The van der Waals surface area contributed by atoms with E-state index in [2.05, 4.69) is 6.07 Å². The molecule has 0 aromatic heterocycles. The molecular formula is C14H16N2O2. The van der Waals surface area contributed by atoms with Crippen molar-refractivity contribution in [3.63, 3.8) is 0 Å². The summed E-state index contributed by atoms with van der Waals surface area (Å²) in [7, 11) is 0. The first-order chi connectivity index (χ1) is 8.77. The fourth-order valence-corrected chi connectivity index (χ4v) is 2.36. The second-order valence-corrected chi connectivity index (χ2v) is 4.23. The van der Waals surface area contributed by atoms with Crippen LogP contribution in [-0.2, 0) is 9.53 Å². The van der Waals surface area contributed by atoms with Gasteiger partial charge in [0.2, 0.25) is 0 Å². The Balaban J connectivity index is 2.26. The number of ether oxygens (including phenoxy) is 1. The minimum absolute atomic E-state index is 0.192. The molecule has 94 valence electrons. The van der Waals surface area contributed by atoms with E-state index in [0.29, 0.717) is 12.2 Å². The molecule has 0 N–H and O–H groups in total. The van der Waals surface area contributed by atoms with E-state index in [1.54, 1.807) is 13.0 Å². The maximum Gasteiger partial charge on any atom is 0.328 e. The van der Waals surface area contributed by atoms with Crippen LogP contribution in [0.5, 0.6) is 0 Å². The summed E-state index contributed by atoms with van der Waals surface area (Å²) in [6, 6.07) is 9.29. The number of hydrogen-bond donors (Lipinski definition) is 0. The van der Waals surface area contributed by atoms with Crippen molar-refractivity contribution in [1.82, 2.24) is 0 Å². The zero-order chi connectivity index (χ0) is 13.0. The molecule has 4 nitrogen and oxygen atoms in total. The lowest BCUT2D eigenvalue weighted by atomic mass is 10.1. The van der Waals surface area contributed by atoms with Crippen LogP contribution in [0.15, 0.2) is 24.3 Å². The van der Waals surface area contributed by atoms with Crippen molar-refractivity contribution in [3.05, 3.63) is 29.8 Å². The zero-order valence-electron chi connectivity index (χ0n) is 10.4. The molecule has 1 aliphatic heterocycles. The van der Waals surface area contributed by atoms with E-state index in [9.17, 15) is 4.79 Å². The number of carbonyl (C=O) groups excluding carboxylic acids is 1. The quantitative estimate of drug-likeness (QED) is 0.764. The normalized spacial score (nSPS) is 18.4. The van der Waals surface area contributed by atoms with Gasteiger partial charge in [-0.25, -0.2) is 4.79 Å². The van der Waals surface area contributed by atoms with Gasteiger partial charge >= 0.3 is 5.97 Å². The zero-order valence-corrected chi connectivity index (χ0v) is 10.4. The Morgan fingerprint density at radius 3 is 3.06 bits per heavy atom. The van der Waals surface area contributed by atoms with Crippen LogP contribution in [0.2, 0.25) is 0 Å². The highest BCUT2D eigenvalue weighted by Crippen LogP contribution is 2.28. The lowest BCUT2D eigenvalue weighted by Crippen LogP contribution is -2.37.